The summed E-state index contributed by atoms with van der Waals surface area (Å²) in [5.74, 6) is 0.818. The summed E-state index contributed by atoms with van der Waals surface area (Å²) in [6.45, 7) is 8.01. The van der Waals surface area contributed by atoms with Gasteiger partial charge in [-0.25, -0.2) is 5.43 Å². The van der Waals surface area contributed by atoms with Crippen molar-refractivity contribution in [1.29, 1.82) is 0 Å². The van der Waals surface area contributed by atoms with Gasteiger partial charge >= 0.3 is 0 Å². The molecule has 0 saturated carbocycles. The molecule has 0 radical (unpaired) electrons. The van der Waals surface area contributed by atoms with E-state index >= 15 is 0 Å². The minimum absolute atomic E-state index is 0.0720. The number of carbonyl (C=O) groups is 1. The molecule has 1 aliphatic rings. The first kappa shape index (κ1) is 17.9. The Morgan fingerprint density at radius 3 is 2.85 bits per heavy atom. The van der Waals surface area contributed by atoms with Crippen LogP contribution in [0, 0.1) is 5.92 Å². The molecule has 2 aromatic carbocycles. The second-order valence-electron chi connectivity index (χ2n) is 6.73. The monoisotopic (exact) mass is 348 g/mol. The van der Waals surface area contributed by atoms with E-state index in [1.54, 1.807) is 0 Å². The minimum Gasteiger partial charge on any atom is -0.483 e. The van der Waals surface area contributed by atoms with Crippen LogP contribution in [-0.2, 0) is 4.79 Å². The first-order chi connectivity index (χ1) is 12.5. The Labute approximate surface area is 154 Å². The third kappa shape index (κ3) is 4.20. The normalized spacial score (nSPS) is 18.5. The van der Waals surface area contributed by atoms with Gasteiger partial charge in [0.05, 0.1) is 5.71 Å². The van der Waals surface area contributed by atoms with Gasteiger partial charge < -0.3 is 4.74 Å². The predicted molar refractivity (Wildman–Crippen MR) is 106 cm³/mol. The molecule has 0 heterocycles. The Morgan fingerprint density at radius 1 is 1.27 bits per heavy atom. The molecule has 1 atom stereocenters. The first-order valence-electron chi connectivity index (χ1n) is 8.83. The molecule has 0 bridgehead atoms. The first-order valence-corrected chi connectivity index (χ1v) is 8.83. The molecule has 0 fully saturated rings. The van der Waals surface area contributed by atoms with E-state index in [2.05, 4.69) is 23.2 Å². The van der Waals surface area contributed by atoms with Gasteiger partial charge in [0.15, 0.2) is 6.61 Å². The van der Waals surface area contributed by atoms with Crippen LogP contribution in [0.3, 0.4) is 0 Å². The second-order valence-corrected chi connectivity index (χ2v) is 6.73. The van der Waals surface area contributed by atoms with E-state index in [1.807, 2.05) is 56.3 Å². The van der Waals surface area contributed by atoms with E-state index < -0.39 is 0 Å². The Morgan fingerprint density at radius 2 is 2.04 bits per heavy atom. The fourth-order valence-corrected chi connectivity index (χ4v) is 3.05. The lowest BCUT2D eigenvalue weighted by atomic mass is 9.85. The van der Waals surface area contributed by atoms with E-state index in [0.717, 1.165) is 40.5 Å². The molecule has 0 spiro atoms. The molecular formula is C22H24N2O2. The molecule has 134 valence electrons. The van der Waals surface area contributed by atoms with Crippen molar-refractivity contribution in [3.8, 4) is 5.75 Å². The van der Waals surface area contributed by atoms with E-state index in [4.69, 9.17) is 4.74 Å². The zero-order valence-corrected chi connectivity index (χ0v) is 15.3. The molecule has 1 aliphatic carbocycles. The molecule has 0 aromatic heterocycles. The number of nitrogens with zero attached hydrogens (tertiary/aromatic N) is 1. The van der Waals surface area contributed by atoms with E-state index in [9.17, 15) is 4.79 Å². The van der Waals surface area contributed by atoms with Gasteiger partial charge in [0.25, 0.3) is 5.91 Å². The van der Waals surface area contributed by atoms with Crippen molar-refractivity contribution < 1.29 is 9.53 Å². The van der Waals surface area contributed by atoms with Gasteiger partial charge in [0, 0.05) is 5.39 Å². The summed E-state index contributed by atoms with van der Waals surface area (Å²) >= 11 is 0. The number of hydrazone groups is 1. The standard InChI is InChI=1S/C22H24N2O2/c1-15(2)18-12-11-16(3)20(13-18)23-24-22(25)14-26-21-10-6-8-17-7-4-5-9-19(17)21/h4-11,18H,1,12-14H2,2-3H3,(H,24,25)/t18-/m1/s1. The highest BCUT2D eigenvalue weighted by Gasteiger charge is 2.18. The summed E-state index contributed by atoms with van der Waals surface area (Å²) in [7, 11) is 0. The average Bonchev–Trinajstić information content (AvgIpc) is 2.65. The summed E-state index contributed by atoms with van der Waals surface area (Å²) in [6.07, 6.45) is 3.95. The number of fused-ring (bicyclic) bond motifs is 1. The fourth-order valence-electron chi connectivity index (χ4n) is 3.05. The maximum Gasteiger partial charge on any atom is 0.277 e. The molecule has 2 aromatic rings. The maximum atomic E-state index is 12.1. The molecule has 0 aliphatic heterocycles. The van der Waals surface area contributed by atoms with E-state index in [-0.39, 0.29) is 12.5 Å². The molecule has 4 heteroatoms. The quantitative estimate of drug-likeness (QED) is 0.633. The van der Waals surface area contributed by atoms with Gasteiger partial charge in [-0.1, -0.05) is 54.6 Å². The number of hydrogen-bond donors (Lipinski definition) is 1. The van der Waals surface area contributed by atoms with Crippen molar-refractivity contribution in [2.24, 2.45) is 11.0 Å². The highest BCUT2D eigenvalue weighted by Crippen LogP contribution is 2.26. The lowest BCUT2D eigenvalue weighted by Crippen LogP contribution is -2.27. The summed E-state index contributed by atoms with van der Waals surface area (Å²) < 4.78 is 5.70. The molecule has 0 saturated heterocycles. The van der Waals surface area contributed by atoms with Gasteiger partial charge in [-0.3, -0.25) is 4.79 Å². The maximum absolute atomic E-state index is 12.1. The second kappa shape index (κ2) is 8.00. The largest absolute Gasteiger partial charge is 0.483 e. The van der Waals surface area contributed by atoms with Crippen LogP contribution in [0.15, 0.2) is 71.4 Å². The predicted octanol–water partition coefficient (Wildman–Crippen LogP) is 4.62. The van der Waals surface area contributed by atoms with Crippen LogP contribution in [0.25, 0.3) is 10.8 Å². The van der Waals surface area contributed by atoms with Gasteiger partial charge in [-0.2, -0.15) is 5.10 Å². The van der Waals surface area contributed by atoms with Crippen LogP contribution < -0.4 is 10.2 Å². The Bertz CT molecular complexity index is 891. The third-order valence-corrected chi connectivity index (χ3v) is 4.72. The van der Waals surface area contributed by atoms with Gasteiger partial charge in [0.2, 0.25) is 0 Å². The number of amides is 1. The van der Waals surface area contributed by atoms with Gasteiger partial charge in [-0.15, -0.1) is 0 Å². The lowest BCUT2D eigenvalue weighted by Gasteiger charge is -2.22. The van der Waals surface area contributed by atoms with Crippen molar-refractivity contribution in [1.82, 2.24) is 5.43 Å². The highest BCUT2D eigenvalue weighted by atomic mass is 16.5. The summed E-state index contributed by atoms with van der Waals surface area (Å²) in [5, 5.41) is 6.37. The number of hydrogen-bond acceptors (Lipinski definition) is 3. The Hall–Kier alpha value is -2.88. The SMILES string of the molecule is C=C(C)[C@@H]1CC=C(C)C(=NNC(=O)COc2cccc3ccccc23)C1. The Balaban J connectivity index is 1.61. The summed E-state index contributed by atoms with van der Waals surface area (Å²) in [4.78, 5) is 12.1. The minimum atomic E-state index is -0.268. The van der Waals surface area contributed by atoms with Crippen LogP contribution in [-0.4, -0.2) is 18.2 Å². The molecule has 1 N–H and O–H groups in total. The zero-order valence-electron chi connectivity index (χ0n) is 15.3. The fraction of sp³-hybridized carbons (Fsp3) is 0.273. The van der Waals surface area contributed by atoms with Crippen molar-refractivity contribution in [2.45, 2.75) is 26.7 Å². The summed E-state index contributed by atoms with van der Waals surface area (Å²) in [5.41, 5.74) is 5.77. The van der Waals surface area contributed by atoms with Crippen LogP contribution >= 0.6 is 0 Å². The number of rotatable bonds is 5. The number of benzene rings is 2. The van der Waals surface area contributed by atoms with Gasteiger partial charge in [0.1, 0.15) is 5.75 Å². The van der Waals surface area contributed by atoms with E-state index in [0.29, 0.717) is 11.7 Å². The Kier molecular flexibility index (Phi) is 5.52. The smallest absolute Gasteiger partial charge is 0.277 e. The molecular weight excluding hydrogens is 324 g/mol. The number of ether oxygens (including phenoxy) is 1. The number of carbonyl (C=O) groups excluding carboxylic acids is 1. The molecule has 1 amide bonds. The van der Waals surface area contributed by atoms with Crippen molar-refractivity contribution in [3.63, 3.8) is 0 Å². The molecule has 3 rings (SSSR count). The molecule has 0 unspecified atom stereocenters. The van der Waals surface area contributed by atoms with Crippen LogP contribution in [0.4, 0.5) is 0 Å². The third-order valence-electron chi connectivity index (χ3n) is 4.72. The topological polar surface area (TPSA) is 50.7 Å². The summed E-state index contributed by atoms with van der Waals surface area (Å²) in [6, 6.07) is 13.7. The van der Waals surface area contributed by atoms with Crippen molar-refractivity contribution in [2.75, 3.05) is 6.61 Å². The number of nitrogens with one attached hydrogen (secondary N) is 1. The molecule has 4 nitrogen and oxygen atoms in total. The average molecular weight is 348 g/mol. The molecule has 26 heavy (non-hydrogen) atoms. The van der Waals surface area contributed by atoms with Gasteiger partial charge in [-0.05, 0) is 49.6 Å². The zero-order chi connectivity index (χ0) is 18.5. The van der Waals surface area contributed by atoms with Crippen molar-refractivity contribution >= 4 is 22.4 Å². The van der Waals surface area contributed by atoms with Crippen LogP contribution in [0.2, 0.25) is 0 Å². The highest BCUT2D eigenvalue weighted by molar-refractivity contribution is 6.01. The van der Waals surface area contributed by atoms with Crippen LogP contribution in [0.5, 0.6) is 5.75 Å². The van der Waals surface area contributed by atoms with E-state index in [1.165, 1.54) is 0 Å². The van der Waals surface area contributed by atoms with Crippen molar-refractivity contribution in [3.05, 3.63) is 66.3 Å². The van der Waals surface area contributed by atoms with Crippen LogP contribution in [0.1, 0.15) is 26.7 Å². The number of allylic oxidation sites excluding steroid dienone is 3. The lowest BCUT2D eigenvalue weighted by molar-refractivity contribution is -0.123.